The van der Waals surface area contributed by atoms with Crippen molar-refractivity contribution in [1.29, 1.82) is 0 Å². The molecule has 1 aliphatic heterocycles. The zero-order chi connectivity index (χ0) is 22.5. The highest BCUT2D eigenvalue weighted by Gasteiger charge is 2.53. The van der Waals surface area contributed by atoms with E-state index in [1.54, 1.807) is 18.2 Å². The number of hydrogen-bond donors (Lipinski definition) is 0. The molecule has 166 valence electrons. The fourth-order valence-corrected chi connectivity index (χ4v) is 4.49. The highest BCUT2D eigenvalue weighted by atomic mass is 19.4. The topological polar surface area (TPSA) is 69.9 Å². The van der Waals surface area contributed by atoms with Crippen LogP contribution in [0.4, 0.5) is 13.2 Å². The molecule has 1 spiro atoms. The number of aromatic nitrogens is 2. The number of rotatable bonds is 4. The van der Waals surface area contributed by atoms with Crippen LogP contribution in [0.1, 0.15) is 41.9 Å². The van der Waals surface area contributed by atoms with Crippen LogP contribution in [0.15, 0.2) is 48.7 Å². The Kier molecular flexibility index (Phi) is 4.72. The number of halogens is 3. The Labute approximate surface area is 181 Å². The first kappa shape index (κ1) is 20.5. The predicted octanol–water partition coefficient (Wildman–Crippen LogP) is 4.66. The van der Waals surface area contributed by atoms with Crippen molar-refractivity contribution in [2.45, 2.75) is 38.0 Å². The number of esters is 2. The molecular formula is C23H19F3N2O4. The van der Waals surface area contributed by atoms with Gasteiger partial charge in [-0.05, 0) is 31.0 Å². The van der Waals surface area contributed by atoms with Crippen LogP contribution >= 0.6 is 0 Å². The van der Waals surface area contributed by atoms with Crippen LogP contribution in [0.5, 0.6) is 0 Å². The van der Waals surface area contributed by atoms with Crippen LogP contribution < -0.4 is 0 Å². The highest BCUT2D eigenvalue weighted by molar-refractivity contribution is 5.91. The first-order chi connectivity index (χ1) is 15.3. The standard InChI is InChI=1S/C23H19F3N2O4/c24-23(25,26)16-7-2-1-6-15(16)18-17-8-3-4-11-28(17)19(27-18)20(29)31-13-14-12-22(9-5-10-22)21(30)32-14/h1-4,6-8,11,14H,5,9-10,12-13H2. The summed E-state index contributed by atoms with van der Waals surface area (Å²) in [5, 5.41) is 0. The number of alkyl halides is 3. The maximum atomic E-state index is 13.6. The molecule has 1 atom stereocenters. The molecule has 6 nitrogen and oxygen atoms in total. The number of benzene rings is 1. The number of nitrogens with zero attached hydrogens (tertiary/aromatic N) is 2. The number of ether oxygens (including phenoxy) is 2. The number of cyclic esters (lactones) is 1. The number of pyridine rings is 1. The maximum absolute atomic E-state index is 13.6. The molecule has 2 fully saturated rings. The second-order valence-corrected chi connectivity index (χ2v) is 8.25. The Morgan fingerprint density at radius 3 is 2.62 bits per heavy atom. The number of carbonyl (C=O) groups is 2. The highest BCUT2D eigenvalue weighted by Crippen LogP contribution is 2.50. The normalized spacial score (nSPS) is 19.7. The lowest BCUT2D eigenvalue weighted by Gasteiger charge is -2.33. The minimum Gasteiger partial charge on any atom is -0.458 e. The lowest BCUT2D eigenvalue weighted by atomic mass is 9.67. The van der Waals surface area contributed by atoms with Gasteiger partial charge in [0.05, 0.1) is 22.2 Å². The van der Waals surface area contributed by atoms with Crippen LogP contribution in [-0.4, -0.2) is 34.0 Å². The van der Waals surface area contributed by atoms with Crippen LogP contribution in [0.25, 0.3) is 16.8 Å². The van der Waals surface area contributed by atoms with Gasteiger partial charge in [0.1, 0.15) is 12.7 Å². The summed E-state index contributed by atoms with van der Waals surface area (Å²) in [5.41, 5.74) is -1.03. The van der Waals surface area contributed by atoms with Gasteiger partial charge in [0.15, 0.2) is 0 Å². The van der Waals surface area contributed by atoms with Crippen molar-refractivity contribution in [3.05, 3.63) is 60.0 Å². The summed E-state index contributed by atoms with van der Waals surface area (Å²) < 4.78 is 52.8. The van der Waals surface area contributed by atoms with Crippen LogP contribution in [-0.2, 0) is 20.4 Å². The first-order valence-corrected chi connectivity index (χ1v) is 10.3. The van der Waals surface area contributed by atoms with Crippen molar-refractivity contribution < 1.29 is 32.2 Å². The van der Waals surface area contributed by atoms with Gasteiger partial charge < -0.3 is 9.47 Å². The van der Waals surface area contributed by atoms with E-state index in [0.29, 0.717) is 11.9 Å². The zero-order valence-corrected chi connectivity index (χ0v) is 16.9. The maximum Gasteiger partial charge on any atom is 0.417 e. The molecule has 5 rings (SSSR count). The van der Waals surface area contributed by atoms with Gasteiger partial charge in [-0.1, -0.05) is 30.7 Å². The van der Waals surface area contributed by atoms with E-state index in [1.807, 2.05) is 0 Å². The van der Waals surface area contributed by atoms with E-state index in [0.717, 1.165) is 25.3 Å². The minimum absolute atomic E-state index is 0.0335. The molecule has 1 unspecified atom stereocenters. The third-order valence-corrected chi connectivity index (χ3v) is 6.25. The average Bonchev–Trinajstić information content (AvgIpc) is 3.29. The average molecular weight is 444 g/mol. The van der Waals surface area contributed by atoms with Crippen molar-refractivity contribution >= 4 is 17.5 Å². The fraction of sp³-hybridized carbons (Fsp3) is 0.348. The van der Waals surface area contributed by atoms with E-state index >= 15 is 0 Å². The molecule has 1 saturated heterocycles. The second-order valence-electron chi connectivity index (χ2n) is 8.25. The van der Waals surface area contributed by atoms with Crippen LogP contribution in [0.3, 0.4) is 0 Å². The molecule has 2 aromatic heterocycles. The summed E-state index contributed by atoms with van der Waals surface area (Å²) in [4.78, 5) is 29.1. The van der Waals surface area contributed by atoms with Gasteiger partial charge in [-0.2, -0.15) is 13.2 Å². The Morgan fingerprint density at radius 1 is 1.19 bits per heavy atom. The third-order valence-electron chi connectivity index (χ3n) is 6.25. The van der Waals surface area contributed by atoms with Crippen LogP contribution in [0.2, 0.25) is 0 Å². The molecule has 0 amide bonds. The molecule has 0 bridgehead atoms. The molecule has 9 heteroatoms. The van der Waals surface area contributed by atoms with Crippen molar-refractivity contribution in [2.24, 2.45) is 5.41 Å². The van der Waals surface area contributed by atoms with E-state index in [2.05, 4.69) is 4.98 Å². The number of hydrogen-bond acceptors (Lipinski definition) is 5. The van der Waals surface area contributed by atoms with Gasteiger partial charge in [0, 0.05) is 18.2 Å². The second kappa shape index (κ2) is 7.36. The molecule has 0 N–H and O–H groups in total. The molecule has 0 radical (unpaired) electrons. The van der Waals surface area contributed by atoms with Crippen molar-refractivity contribution in [1.82, 2.24) is 9.38 Å². The summed E-state index contributed by atoms with van der Waals surface area (Å²) in [6.07, 6.45) is -0.519. The summed E-state index contributed by atoms with van der Waals surface area (Å²) >= 11 is 0. The summed E-state index contributed by atoms with van der Waals surface area (Å²) in [6.45, 7) is -0.122. The van der Waals surface area contributed by atoms with E-state index in [1.165, 1.54) is 28.8 Å². The van der Waals surface area contributed by atoms with Crippen LogP contribution in [0, 0.1) is 5.41 Å². The van der Waals surface area contributed by atoms with E-state index in [-0.39, 0.29) is 29.7 Å². The van der Waals surface area contributed by atoms with E-state index in [4.69, 9.17) is 9.47 Å². The molecule has 2 aliphatic rings. The smallest absolute Gasteiger partial charge is 0.417 e. The van der Waals surface area contributed by atoms with Gasteiger partial charge in [-0.15, -0.1) is 0 Å². The van der Waals surface area contributed by atoms with Gasteiger partial charge in [-0.25, -0.2) is 9.78 Å². The lowest BCUT2D eigenvalue weighted by Crippen LogP contribution is -2.33. The molecule has 1 aliphatic carbocycles. The number of carbonyl (C=O) groups excluding carboxylic acids is 2. The van der Waals surface area contributed by atoms with Crippen molar-refractivity contribution in [2.75, 3.05) is 6.61 Å². The zero-order valence-electron chi connectivity index (χ0n) is 16.9. The fourth-order valence-electron chi connectivity index (χ4n) is 4.49. The Hall–Kier alpha value is -3.36. The Balaban J connectivity index is 1.44. The van der Waals surface area contributed by atoms with Gasteiger partial charge in [0.2, 0.25) is 5.82 Å². The quantitative estimate of drug-likeness (QED) is 0.548. The lowest BCUT2D eigenvalue weighted by molar-refractivity contribution is -0.153. The Morgan fingerprint density at radius 2 is 1.94 bits per heavy atom. The molecular weight excluding hydrogens is 425 g/mol. The predicted molar refractivity (Wildman–Crippen MR) is 107 cm³/mol. The number of fused-ring (bicyclic) bond motifs is 1. The van der Waals surface area contributed by atoms with Crippen molar-refractivity contribution in [3.63, 3.8) is 0 Å². The van der Waals surface area contributed by atoms with Gasteiger partial charge >= 0.3 is 18.1 Å². The molecule has 3 aromatic rings. The number of imidazole rings is 1. The van der Waals surface area contributed by atoms with Gasteiger partial charge in [0.25, 0.3) is 0 Å². The van der Waals surface area contributed by atoms with Gasteiger partial charge in [-0.3, -0.25) is 9.20 Å². The monoisotopic (exact) mass is 444 g/mol. The molecule has 32 heavy (non-hydrogen) atoms. The Bertz CT molecular complexity index is 1210. The minimum atomic E-state index is -4.58. The third kappa shape index (κ3) is 3.32. The first-order valence-electron chi connectivity index (χ1n) is 10.3. The SMILES string of the molecule is O=C(OCC1CC2(CCC2)C(=O)O1)c1nc(-c2ccccc2C(F)(F)F)c2ccccn12. The largest absolute Gasteiger partial charge is 0.458 e. The summed E-state index contributed by atoms with van der Waals surface area (Å²) in [7, 11) is 0. The molecule has 1 saturated carbocycles. The molecule has 3 heterocycles. The van der Waals surface area contributed by atoms with Crippen molar-refractivity contribution in [3.8, 4) is 11.3 Å². The summed E-state index contributed by atoms with van der Waals surface area (Å²) in [6, 6.07) is 9.98. The summed E-state index contributed by atoms with van der Waals surface area (Å²) in [5.74, 6) is -1.19. The van der Waals surface area contributed by atoms with E-state index in [9.17, 15) is 22.8 Å². The molecule has 1 aromatic carbocycles. The van der Waals surface area contributed by atoms with E-state index < -0.39 is 29.2 Å².